The number of fused-ring (bicyclic) bond motifs is 3. The molecular weight excluding hydrogens is 395 g/mol. The minimum atomic E-state index is -0.423. The van der Waals surface area contributed by atoms with Crippen LogP contribution in [0, 0.1) is 11.8 Å². The smallest absolute Gasteiger partial charge is 0.332 e. The van der Waals surface area contributed by atoms with E-state index in [0.717, 1.165) is 63.0 Å². The first-order valence-electron chi connectivity index (χ1n) is 10.3. The lowest BCUT2D eigenvalue weighted by Crippen LogP contribution is -2.48. The summed E-state index contributed by atoms with van der Waals surface area (Å²) in [6.45, 7) is 8.52. The molecule has 28 heavy (non-hydrogen) atoms. The Morgan fingerprint density at radius 1 is 1.25 bits per heavy atom. The van der Waals surface area contributed by atoms with E-state index in [1.807, 2.05) is 0 Å². The van der Waals surface area contributed by atoms with Crippen LogP contribution in [0.1, 0.15) is 52.4 Å². The molecule has 2 bridgehead atoms. The van der Waals surface area contributed by atoms with E-state index in [1.165, 1.54) is 12.8 Å². The fraction of sp³-hybridized carbons (Fsp3) is 0.682. The topological polar surface area (TPSA) is 32.8 Å². The second kappa shape index (κ2) is 9.67. The van der Waals surface area contributed by atoms with Crippen molar-refractivity contribution in [3.05, 3.63) is 23.3 Å². The highest BCUT2D eigenvalue weighted by Crippen LogP contribution is 2.53. The first-order valence-corrected chi connectivity index (χ1v) is 10.3. The Morgan fingerprint density at radius 2 is 2.00 bits per heavy atom. The normalized spacial score (nSPS) is 30.0. The third kappa shape index (κ3) is 4.00. The van der Waals surface area contributed by atoms with Gasteiger partial charge in [0.2, 0.25) is 0 Å². The van der Waals surface area contributed by atoms with Crippen LogP contribution in [0.2, 0.25) is 0 Å². The Bertz CT molecular complexity index is 703. The summed E-state index contributed by atoms with van der Waals surface area (Å²) in [6, 6.07) is 0.709. The molecule has 3 heterocycles. The summed E-state index contributed by atoms with van der Waals surface area (Å²) in [4.78, 5) is 17.1. The third-order valence-corrected chi connectivity index (χ3v) is 6.28. The SMILES string of the molecule is CCCN(CC#CC1=C[C@@H]2C[C@@]3(OC(=O)C=C13)[C@H]1CCCCN21)CCC.Cl.Cl. The van der Waals surface area contributed by atoms with Gasteiger partial charge in [0.25, 0.3) is 0 Å². The molecule has 0 N–H and O–H groups in total. The van der Waals surface area contributed by atoms with Crippen LogP contribution >= 0.6 is 24.8 Å². The maximum Gasteiger partial charge on any atom is 0.332 e. The maximum atomic E-state index is 12.2. The number of hydrogen-bond acceptors (Lipinski definition) is 4. The molecule has 2 saturated heterocycles. The van der Waals surface area contributed by atoms with Crippen molar-refractivity contribution in [2.75, 3.05) is 26.2 Å². The molecule has 0 aromatic rings. The zero-order valence-corrected chi connectivity index (χ0v) is 18.5. The molecule has 6 heteroatoms. The number of carbonyl (C=O) groups is 1. The van der Waals surface area contributed by atoms with Crippen LogP contribution in [0.5, 0.6) is 0 Å². The van der Waals surface area contributed by atoms with E-state index in [9.17, 15) is 4.79 Å². The molecular formula is C22H32Cl2N2O2. The van der Waals surface area contributed by atoms with Crippen molar-refractivity contribution in [2.45, 2.75) is 70.1 Å². The van der Waals surface area contributed by atoms with Crippen molar-refractivity contribution in [3.63, 3.8) is 0 Å². The van der Waals surface area contributed by atoms with Gasteiger partial charge in [0.1, 0.15) is 0 Å². The predicted octanol–water partition coefficient (Wildman–Crippen LogP) is 3.74. The zero-order chi connectivity index (χ0) is 18.1. The van der Waals surface area contributed by atoms with Gasteiger partial charge in [-0.3, -0.25) is 9.80 Å². The highest BCUT2D eigenvalue weighted by molar-refractivity contribution is 5.90. The molecule has 156 valence electrons. The van der Waals surface area contributed by atoms with E-state index >= 15 is 0 Å². The number of hydrogen-bond donors (Lipinski definition) is 0. The second-order valence-corrected chi connectivity index (χ2v) is 8.05. The van der Waals surface area contributed by atoms with Crippen molar-refractivity contribution in [1.82, 2.24) is 9.80 Å². The van der Waals surface area contributed by atoms with Gasteiger partial charge < -0.3 is 4.74 Å². The zero-order valence-electron chi connectivity index (χ0n) is 16.9. The van der Waals surface area contributed by atoms with E-state index < -0.39 is 5.60 Å². The fourth-order valence-electron chi connectivity index (χ4n) is 5.32. The standard InChI is InChI=1S/C22H30N2O2.2ClH/c1-3-10-23(11-4-2)12-7-8-17-14-18-16-22(19(17)15-21(25)26-22)20-9-5-6-13-24(18)20;;/h14-15,18,20H,3-6,9-13,16H2,1-2H3;2*1H/t18-,20-,22+;;/m1../s1. The van der Waals surface area contributed by atoms with Crippen LogP contribution < -0.4 is 0 Å². The van der Waals surface area contributed by atoms with Crippen molar-refractivity contribution < 1.29 is 9.53 Å². The van der Waals surface area contributed by atoms with Gasteiger partial charge in [-0.2, -0.15) is 0 Å². The molecule has 0 saturated carbocycles. The van der Waals surface area contributed by atoms with Crippen molar-refractivity contribution in [3.8, 4) is 11.8 Å². The predicted molar refractivity (Wildman–Crippen MR) is 117 cm³/mol. The number of esters is 1. The van der Waals surface area contributed by atoms with Crippen LogP contribution in [0.25, 0.3) is 0 Å². The van der Waals surface area contributed by atoms with Crippen LogP contribution in [0.3, 0.4) is 0 Å². The fourth-order valence-corrected chi connectivity index (χ4v) is 5.32. The third-order valence-electron chi connectivity index (χ3n) is 6.28. The molecule has 0 radical (unpaired) electrons. The number of ether oxygens (including phenoxy) is 1. The lowest BCUT2D eigenvalue weighted by atomic mass is 9.77. The summed E-state index contributed by atoms with van der Waals surface area (Å²) in [6.07, 6.45) is 10.8. The molecule has 1 aliphatic carbocycles. The van der Waals surface area contributed by atoms with Crippen LogP contribution in [-0.4, -0.2) is 59.6 Å². The van der Waals surface area contributed by atoms with Crippen molar-refractivity contribution in [2.24, 2.45) is 0 Å². The van der Waals surface area contributed by atoms with E-state index in [-0.39, 0.29) is 30.8 Å². The molecule has 0 aromatic heterocycles. The summed E-state index contributed by atoms with van der Waals surface area (Å²) < 4.78 is 5.96. The minimum absolute atomic E-state index is 0. The molecule has 2 fully saturated rings. The van der Waals surface area contributed by atoms with E-state index in [2.05, 4.69) is 41.6 Å². The molecule has 0 aromatic carbocycles. The molecule has 0 unspecified atom stereocenters. The Balaban J connectivity index is 0.00000140. The summed E-state index contributed by atoms with van der Waals surface area (Å²) in [5, 5.41) is 0. The van der Waals surface area contributed by atoms with Gasteiger partial charge in [-0.05, 0) is 45.3 Å². The monoisotopic (exact) mass is 426 g/mol. The van der Waals surface area contributed by atoms with Crippen molar-refractivity contribution in [1.29, 1.82) is 0 Å². The minimum Gasteiger partial charge on any atom is -0.449 e. The summed E-state index contributed by atoms with van der Waals surface area (Å²) in [5.41, 5.74) is 1.67. The van der Waals surface area contributed by atoms with E-state index in [1.54, 1.807) is 6.08 Å². The lowest BCUT2D eigenvalue weighted by Gasteiger charge is -2.38. The summed E-state index contributed by atoms with van der Waals surface area (Å²) >= 11 is 0. The number of carbonyl (C=O) groups excluding carboxylic acids is 1. The average Bonchev–Trinajstić information content (AvgIpc) is 3.11. The summed E-state index contributed by atoms with van der Waals surface area (Å²) in [5.74, 6) is 6.61. The Morgan fingerprint density at radius 3 is 2.71 bits per heavy atom. The molecule has 4 nitrogen and oxygen atoms in total. The molecule has 4 rings (SSSR count). The molecule has 3 aliphatic heterocycles. The van der Waals surface area contributed by atoms with Gasteiger partial charge in [0.15, 0.2) is 5.60 Å². The molecule has 4 aliphatic rings. The second-order valence-electron chi connectivity index (χ2n) is 8.05. The van der Waals surface area contributed by atoms with Gasteiger partial charge in [-0.1, -0.05) is 38.2 Å². The van der Waals surface area contributed by atoms with E-state index in [4.69, 9.17) is 4.74 Å². The highest BCUT2D eigenvalue weighted by Gasteiger charge is 2.61. The van der Waals surface area contributed by atoms with Crippen LogP contribution in [0.15, 0.2) is 23.3 Å². The highest BCUT2D eigenvalue weighted by atomic mass is 35.5. The number of nitrogens with zero attached hydrogens (tertiary/aromatic N) is 2. The van der Waals surface area contributed by atoms with Gasteiger partial charge in [-0.15, -0.1) is 24.8 Å². The average molecular weight is 427 g/mol. The van der Waals surface area contributed by atoms with Crippen molar-refractivity contribution >= 4 is 30.8 Å². The Labute approximate surface area is 181 Å². The number of piperidine rings is 1. The van der Waals surface area contributed by atoms with Gasteiger partial charge in [-0.25, -0.2) is 4.79 Å². The maximum absolute atomic E-state index is 12.2. The largest absolute Gasteiger partial charge is 0.449 e. The summed E-state index contributed by atoms with van der Waals surface area (Å²) in [7, 11) is 0. The molecule has 0 amide bonds. The molecule has 1 spiro atoms. The van der Waals surface area contributed by atoms with Gasteiger partial charge in [0, 0.05) is 29.7 Å². The Hall–Kier alpha value is -0.990. The van der Waals surface area contributed by atoms with Crippen LogP contribution in [-0.2, 0) is 9.53 Å². The number of rotatable bonds is 5. The van der Waals surface area contributed by atoms with Gasteiger partial charge in [0.05, 0.1) is 12.6 Å². The Kier molecular flexibility index (Phi) is 8.05. The van der Waals surface area contributed by atoms with E-state index in [0.29, 0.717) is 12.1 Å². The first-order chi connectivity index (χ1) is 12.7. The lowest BCUT2D eigenvalue weighted by molar-refractivity contribution is -0.148. The molecule has 3 atom stereocenters. The van der Waals surface area contributed by atoms with Gasteiger partial charge >= 0.3 is 5.97 Å². The quantitative estimate of drug-likeness (QED) is 0.494. The van der Waals surface area contributed by atoms with Crippen LogP contribution in [0.4, 0.5) is 0 Å². The number of halogens is 2. The first kappa shape index (κ1) is 23.3.